The fraction of sp³-hybridized carbons (Fsp3) is 0.211. The molecule has 3 rings (SSSR count). The van der Waals surface area contributed by atoms with E-state index in [0.717, 1.165) is 0 Å². The monoisotopic (exact) mass is 369 g/mol. The lowest BCUT2D eigenvalue weighted by Crippen LogP contribution is -2.20. The molecule has 1 N–H and O–H groups in total. The molecule has 6 nitrogen and oxygen atoms in total. The molecule has 1 aromatic heterocycles. The number of nitrogens with one attached hydrogen (secondary N) is 1. The van der Waals surface area contributed by atoms with Gasteiger partial charge in [-0.05, 0) is 24.3 Å². The van der Waals surface area contributed by atoms with E-state index in [0.29, 0.717) is 39.7 Å². The Hall–Kier alpha value is -2.80. The van der Waals surface area contributed by atoms with Crippen molar-refractivity contribution in [2.45, 2.75) is 11.6 Å². The molecule has 26 heavy (non-hydrogen) atoms. The van der Waals surface area contributed by atoms with E-state index in [-0.39, 0.29) is 11.5 Å². The Bertz CT molecular complexity index is 1000. The third-order valence-corrected chi connectivity index (χ3v) is 4.92. The van der Waals surface area contributed by atoms with Gasteiger partial charge in [0.25, 0.3) is 5.56 Å². The number of aromatic nitrogens is 2. The van der Waals surface area contributed by atoms with E-state index >= 15 is 0 Å². The molecular weight excluding hydrogens is 350 g/mol. The molecule has 0 spiro atoms. The molecule has 0 aliphatic heterocycles. The predicted octanol–water partition coefficient (Wildman–Crippen LogP) is 3.06. The summed E-state index contributed by atoms with van der Waals surface area (Å²) < 4.78 is 6.74. The van der Waals surface area contributed by atoms with Crippen molar-refractivity contribution in [1.29, 1.82) is 0 Å². The summed E-state index contributed by atoms with van der Waals surface area (Å²) in [5, 5.41) is 4.02. The Balaban J connectivity index is 1.65. The van der Waals surface area contributed by atoms with Crippen molar-refractivity contribution in [3.63, 3.8) is 0 Å². The third kappa shape index (κ3) is 3.88. The number of thioether (sulfide) groups is 1. The van der Waals surface area contributed by atoms with Crippen molar-refractivity contribution >= 4 is 34.3 Å². The number of rotatable bonds is 6. The van der Waals surface area contributed by atoms with E-state index in [9.17, 15) is 9.59 Å². The second-order valence-corrected chi connectivity index (χ2v) is 6.68. The average Bonchev–Trinajstić information content (AvgIpc) is 2.66. The number of para-hydroxylation sites is 3. The number of carbonyl (C=O) groups excluding carboxylic acids is 1. The highest BCUT2D eigenvalue weighted by molar-refractivity contribution is 7.99. The van der Waals surface area contributed by atoms with E-state index in [2.05, 4.69) is 10.3 Å². The number of fused-ring (bicyclic) bond motifs is 1. The van der Waals surface area contributed by atoms with Crippen LogP contribution >= 0.6 is 11.8 Å². The van der Waals surface area contributed by atoms with Gasteiger partial charge in [0.15, 0.2) is 5.16 Å². The Morgan fingerprint density at radius 2 is 1.92 bits per heavy atom. The van der Waals surface area contributed by atoms with Gasteiger partial charge in [-0.15, -0.1) is 0 Å². The summed E-state index contributed by atoms with van der Waals surface area (Å²) in [7, 11) is 3.26. The standard InChI is InChI=1S/C19H19N3O3S/c1-22-18(24)13-7-3-4-8-14(13)21-19(22)26-12-11-17(23)20-15-9-5-6-10-16(15)25-2/h3-10H,11-12H2,1-2H3,(H,20,23). The minimum Gasteiger partial charge on any atom is -0.495 e. The topological polar surface area (TPSA) is 73.2 Å². The fourth-order valence-corrected chi connectivity index (χ4v) is 3.43. The Kier molecular flexibility index (Phi) is 5.58. The van der Waals surface area contributed by atoms with Crippen LogP contribution in [0.2, 0.25) is 0 Å². The van der Waals surface area contributed by atoms with Gasteiger partial charge in [-0.25, -0.2) is 4.98 Å². The van der Waals surface area contributed by atoms with Gasteiger partial charge in [0.1, 0.15) is 5.75 Å². The van der Waals surface area contributed by atoms with E-state index in [1.54, 1.807) is 32.4 Å². The molecule has 0 unspecified atom stereocenters. The van der Waals surface area contributed by atoms with Crippen molar-refractivity contribution in [2.24, 2.45) is 7.05 Å². The van der Waals surface area contributed by atoms with Crippen molar-refractivity contribution in [3.8, 4) is 5.75 Å². The van der Waals surface area contributed by atoms with E-state index in [1.807, 2.05) is 30.3 Å². The van der Waals surface area contributed by atoms with Crippen LogP contribution in [0.3, 0.4) is 0 Å². The zero-order valence-electron chi connectivity index (χ0n) is 14.6. The largest absolute Gasteiger partial charge is 0.495 e. The molecule has 2 aromatic carbocycles. The molecule has 0 aliphatic carbocycles. The van der Waals surface area contributed by atoms with Crippen molar-refractivity contribution in [1.82, 2.24) is 9.55 Å². The number of ether oxygens (including phenoxy) is 1. The molecule has 7 heteroatoms. The van der Waals surface area contributed by atoms with Gasteiger partial charge >= 0.3 is 0 Å². The zero-order chi connectivity index (χ0) is 18.5. The van der Waals surface area contributed by atoms with Crippen LogP contribution in [0.4, 0.5) is 5.69 Å². The van der Waals surface area contributed by atoms with Crippen LogP contribution in [0.5, 0.6) is 5.75 Å². The minimum absolute atomic E-state index is 0.0865. The van der Waals surface area contributed by atoms with Gasteiger partial charge in [0.05, 0.1) is 23.7 Å². The number of benzene rings is 2. The molecular formula is C19H19N3O3S. The number of hydrogen-bond acceptors (Lipinski definition) is 5. The van der Waals surface area contributed by atoms with Gasteiger partial charge in [-0.1, -0.05) is 36.0 Å². The highest BCUT2D eigenvalue weighted by Crippen LogP contribution is 2.23. The van der Waals surface area contributed by atoms with Gasteiger partial charge in [0.2, 0.25) is 5.91 Å². The number of carbonyl (C=O) groups is 1. The summed E-state index contributed by atoms with van der Waals surface area (Å²) in [6.07, 6.45) is 0.297. The van der Waals surface area contributed by atoms with Crippen molar-refractivity contribution in [3.05, 3.63) is 58.9 Å². The van der Waals surface area contributed by atoms with E-state index < -0.39 is 0 Å². The number of methoxy groups -OCH3 is 1. The minimum atomic E-state index is -0.118. The number of anilines is 1. The molecule has 0 radical (unpaired) electrons. The molecule has 1 amide bonds. The second-order valence-electron chi connectivity index (χ2n) is 5.62. The van der Waals surface area contributed by atoms with Gasteiger partial charge in [0, 0.05) is 19.2 Å². The third-order valence-electron chi connectivity index (χ3n) is 3.88. The number of amides is 1. The van der Waals surface area contributed by atoms with Crippen molar-refractivity contribution < 1.29 is 9.53 Å². The molecule has 0 saturated heterocycles. The van der Waals surface area contributed by atoms with Gasteiger partial charge in [-0.2, -0.15) is 0 Å². The Morgan fingerprint density at radius 3 is 2.73 bits per heavy atom. The first kappa shape index (κ1) is 18.0. The predicted molar refractivity (Wildman–Crippen MR) is 104 cm³/mol. The molecule has 0 bridgehead atoms. The Morgan fingerprint density at radius 1 is 1.19 bits per heavy atom. The molecule has 0 aliphatic rings. The van der Waals surface area contributed by atoms with E-state index in [4.69, 9.17) is 4.74 Å². The number of nitrogens with zero attached hydrogens (tertiary/aromatic N) is 2. The summed E-state index contributed by atoms with van der Waals surface area (Å²) in [5.41, 5.74) is 1.22. The van der Waals surface area contributed by atoms with E-state index in [1.165, 1.54) is 16.3 Å². The summed E-state index contributed by atoms with van der Waals surface area (Å²) in [6.45, 7) is 0. The van der Waals surface area contributed by atoms with Crippen molar-refractivity contribution in [2.75, 3.05) is 18.2 Å². The smallest absolute Gasteiger partial charge is 0.261 e. The zero-order valence-corrected chi connectivity index (χ0v) is 15.4. The first-order chi connectivity index (χ1) is 12.6. The van der Waals surface area contributed by atoms with Crippen LogP contribution in [-0.2, 0) is 11.8 Å². The lowest BCUT2D eigenvalue weighted by Gasteiger charge is -2.10. The van der Waals surface area contributed by atoms with Gasteiger partial charge in [-0.3, -0.25) is 14.2 Å². The molecule has 3 aromatic rings. The highest BCUT2D eigenvalue weighted by atomic mass is 32.2. The average molecular weight is 369 g/mol. The first-order valence-corrected chi connectivity index (χ1v) is 9.10. The van der Waals surface area contributed by atoms with Crippen LogP contribution in [-0.4, -0.2) is 28.3 Å². The van der Waals surface area contributed by atoms with Crippen LogP contribution in [0.15, 0.2) is 58.5 Å². The summed E-state index contributed by atoms with van der Waals surface area (Å²) in [4.78, 5) is 29.1. The summed E-state index contributed by atoms with van der Waals surface area (Å²) >= 11 is 1.38. The Labute approximate surface area is 155 Å². The highest BCUT2D eigenvalue weighted by Gasteiger charge is 2.10. The molecule has 134 valence electrons. The van der Waals surface area contributed by atoms with Crippen LogP contribution in [0, 0.1) is 0 Å². The fourth-order valence-electron chi connectivity index (χ4n) is 2.52. The normalized spacial score (nSPS) is 10.7. The van der Waals surface area contributed by atoms with Crippen LogP contribution in [0.1, 0.15) is 6.42 Å². The van der Waals surface area contributed by atoms with Crippen LogP contribution < -0.4 is 15.6 Å². The first-order valence-electron chi connectivity index (χ1n) is 8.11. The SMILES string of the molecule is COc1ccccc1NC(=O)CCSc1nc2ccccc2c(=O)n1C. The van der Waals surface area contributed by atoms with Crippen LogP contribution in [0.25, 0.3) is 10.9 Å². The summed E-state index contributed by atoms with van der Waals surface area (Å²) in [5.74, 6) is 1.01. The maximum atomic E-state index is 12.4. The lowest BCUT2D eigenvalue weighted by molar-refractivity contribution is -0.115. The number of hydrogen-bond donors (Lipinski definition) is 1. The quantitative estimate of drug-likeness (QED) is 0.534. The molecule has 0 fully saturated rings. The molecule has 0 atom stereocenters. The maximum absolute atomic E-state index is 12.4. The van der Waals surface area contributed by atoms with Gasteiger partial charge < -0.3 is 10.1 Å². The maximum Gasteiger partial charge on any atom is 0.261 e. The lowest BCUT2D eigenvalue weighted by atomic mass is 10.2. The molecule has 0 saturated carbocycles. The summed E-state index contributed by atoms with van der Waals surface area (Å²) in [6, 6.07) is 14.5. The second kappa shape index (κ2) is 8.05. The molecule has 1 heterocycles.